The highest BCUT2D eigenvalue weighted by Crippen LogP contribution is 2.34. The molecule has 0 fully saturated rings. The summed E-state index contributed by atoms with van der Waals surface area (Å²) in [6.45, 7) is 1.10. The molecule has 4 nitrogen and oxygen atoms in total. The van der Waals surface area contributed by atoms with Crippen molar-refractivity contribution in [1.82, 2.24) is 0 Å². The first-order valence-electron chi connectivity index (χ1n) is 6.12. The molecule has 5 heteroatoms. The van der Waals surface area contributed by atoms with E-state index in [1.165, 1.54) is 0 Å². The monoisotopic (exact) mass is 286 g/mol. The Labute approximate surface area is 121 Å². The zero-order chi connectivity index (χ0) is 13.9. The van der Waals surface area contributed by atoms with Gasteiger partial charge in [0.25, 0.3) is 0 Å². The smallest absolute Gasteiger partial charge is 0.163 e. The van der Waals surface area contributed by atoms with Crippen LogP contribution in [0.25, 0.3) is 0 Å². The lowest BCUT2D eigenvalue weighted by molar-refractivity contribution is 0.171. The molecular weight excluding hydrogens is 276 g/mol. The van der Waals surface area contributed by atoms with Gasteiger partial charge in [0.05, 0.1) is 11.3 Å². The van der Waals surface area contributed by atoms with Gasteiger partial charge in [-0.05, 0) is 30.3 Å². The predicted molar refractivity (Wildman–Crippen MR) is 76.9 cm³/mol. The van der Waals surface area contributed by atoms with Crippen molar-refractivity contribution >= 4 is 23.0 Å². The molecule has 2 aromatic carbocycles. The van der Waals surface area contributed by atoms with Gasteiger partial charge < -0.3 is 14.8 Å². The number of nitrogens with one attached hydrogen (secondary N) is 1. The second-order valence-electron chi connectivity index (χ2n) is 4.29. The van der Waals surface area contributed by atoms with Crippen LogP contribution in [0.1, 0.15) is 5.56 Å². The van der Waals surface area contributed by atoms with Gasteiger partial charge >= 0.3 is 0 Å². The maximum atomic E-state index is 9.10. The van der Waals surface area contributed by atoms with E-state index in [9.17, 15) is 0 Å². The zero-order valence-corrected chi connectivity index (χ0v) is 11.3. The standard InChI is InChI=1S/C15H11ClN2O2/c16-11-2-1-10(9-17)13(7-11)18-12-3-4-14-15(8-12)20-6-5-19-14/h1-4,7-8,18H,5-6H2. The lowest BCUT2D eigenvalue weighted by Gasteiger charge is -2.19. The van der Waals surface area contributed by atoms with Gasteiger partial charge in [0.15, 0.2) is 11.5 Å². The second kappa shape index (κ2) is 5.32. The normalized spacial score (nSPS) is 12.6. The van der Waals surface area contributed by atoms with Gasteiger partial charge in [0.2, 0.25) is 0 Å². The van der Waals surface area contributed by atoms with Crippen LogP contribution in [0.5, 0.6) is 11.5 Å². The molecule has 1 aliphatic rings. The molecule has 1 aliphatic heterocycles. The van der Waals surface area contributed by atoms with E-state index in [4.69, 9.17) is 26.3 Å². The van der Waals surface area contributed by atoms with Crippen LogP contribution in [-0.2, 0) is 0 Å². The first kappa shape index (κ1) is 12.6. The first-order chi connectivity index (χ1) is 9.76. The minimum atomic E-state index is 0.532. The molecule has 3 rings (SSSR count). The van der Waals surface area contributed by atoms with Gasteiger partial charge in [-0.1, -0.05) is 11.6 Å². The maximum absolute atomic E-state index is 9.10. The Morgan fingerprint density at radius 2 is 1.85 bits per heavy atom. The van der Waals surface area contributed by atoms with Crippen LogP contribution in [-0.4, -0.2) is 13.2 Å². The molecule has 0 atom stereocenters. The lowest BCUT2D eigenvalue weighted by Crippen LogP contribution is -2.15. The summed E-state index contributed by atoms with van der Waals surface area (Å²) in [5.74, 6) is 1.43. The molecule has 0 saturated carbocycles. The highest BCUT2D eigenvalue weighted by molar-refractivity contribution is 6.30. The maximum Gasteiger partial charge on any atom is 0.163 e. The van der Waals surface area contributed by atoms with Crippen molar-refractivity contribution in [2.75, 3.05) is 18.5 Å². The van der Waals surface area contributed by atoms with Gasteiger partial charge in [-0.2, -0.15) is 5.26 Å². The summed E-state index contributed by atoms with van der Waals surface area (Å²) >= 11 is 5.96. The summed E-state index contributed by atoms with van der Waals surface area (Å²) in [6, 6.07) is 12.8. The van der Waals surface area contributed by atoms with E-state index in [2.05, 4.69) is 11.4 Å². The topological polar surface area (TPSA) is 54.3 Å². The Hall–Kier alpha value is -2.38. The number of anilines is 2. The molecule has 0 aromatic heterocycles. The number of benzene rings is 2. The van der Waals surface area contributed by atoms with Crippen LogP contribution >= 0.6 is 11.6 Å². The average Bonchev–Trinajstić information content (AvgIpc) is 2.47. The van der Waals surface area contributed by atoms with Crippen LogP contribution in [0.4, 0.5) is 11.4 Å². The Morgan fingerprint density at radius 1 is 1.05 bits per heavy atom. The molecule has 0 bridgehead atoms. The molecule has 0 radical (unpaired) electrons. The van der Waals surface area contributed by atoms with Gasteiger partial charge in [-0.15, -0.1) is 0 Å². The van der Waals surface area contributed by atoms with Gasteiger partial charge in [-0.25, -0.2) is 0 Å². The molecule has 0 spiro atoms. The molecule has 20 heavy (non-hydrogen) atoms. The third kappa shape index (κ3) is 2.49. The summed E-state index contributed by atoms with van der Waals surface area (Å²) in [7, 11) is 0. The van der Waals surface area contributed by atoms with E-state index in [1.54, 1.807) is 18.2 Å². The van der Waals surface area contributed by atoms with Crippen molar-refractivity contribution < 1.29 is 9.47 Å². The Bertz CT molecular complexity index is 695. The van der Waals surface area contributed by atoms with Crippen molar-refractivity contribution in [2.24, 2.45) is 0 Å². The Morgan fingerprint density at radius 3 is 2.65 bits per heavy atom. The van der Waals surface area contributed by atoms with Crippen LogP contribution in [0, 0.1) is 11.3 Å². The molecule has 0 unspecified atom stereocenters. The number of rotatable bonds is 2. The largest absolute Gasteiger partial charge is 0.486 e. The Balaban J connectivity index is 1.92. The van der Waals surface area contributed by atoms with Gasteiger partial charge in [0, 0.05) is 16.8 Å². The van der Waals surface area contributed by atoms with E-state index >= 15 is 0 Å². The summed E-state index contributed by atoms with van der Waals surface area (Å²) in [5.41, 5.74) is 2.01. The van der Waals surface area contributed by atoms with E-state index in [1.807, 2.05) is 18.2 Å². The fourth-order valence-electron chi connectivity index (χ4n) is 1.99. The predicted octanol–water partition coefficient (Wildman–Crippen LogP) is 3.73. The van der Waals surface area contributed by atoms with E-state index in [0.29, 0.717) is 35.2 Å². The number of nitriles is 1. The van der Waals surface area contributed by atoms with Gasteiger partial charge in [0.1, 0.15) is 19.3 Å². The molecule has 1 heterocycles. The van der Waals surface area contributed by atoms with E-state index < -0.39 is 0 Å². The molecule has 0 aliphatic carbocycles. The van der Waals surface area contributed by atoms with Crippen molar-refractivity contribution in [2.45, 2.75) is 0 Å². The SMILES string of the molecule is N#Cc1ccc(Cl)cc1Nc1ccc2c(c1)OCCO2. The minimum Gasteiger partial charge on any atom is -0.486 e. The minimum absolute atomic E-state index is 0.532. The van der Waals surface area contributed by atoms with Crippen LogP contribution in [0.3, 0.4) is 0 Å². The molecule has 0 saturated heterocycles. The Kier molecular flexibility index (Phi) is 3.36. The zero-order valence-electron chi connectivity index (χ0n) is 10.5. The molecule has 100 valence electrons. The lowest BCUT2D eigenvalue weighted by atomic mass is 10.2. The molecule has 0 amide bonds. The van der Waals surface area contributed by atoms with Crippen molar-refractivity contribution in [3.05, 3.63) is 47.0 Å². The number of fused-ring (bicyclic) bond motifs is 1. The number of ether oxygens (including phenoxy) is 2. The van der Waals surface area contributed by atoms with Crippen molar-refractivity contribution in [1.29, 1.82) is 5.26 Å². The number of halogens is 1. The fraction of sp³-hybridized carbons (Fsp3) is 0.133. The summed E-state index contributed by atoms with van der Waals surface area (Å²) < 4.78 is 11.0. The highest BCUT2D eigenvalue weighted by atomic mass is 35.5. The second-order valence-corrected chi connectivity index (χ2v) is 4.72. The fourth-order valence-corrected chi connectivity index (χ4v) is 2.17. The summed E-state index contributed by atoms with van der Waals surface area (Å²) in [4.78, 5) is 0. The molecular formula is C15H11ClN2O2. The van der Waals surface area contributed by atoms with Crippen LogP contribution in [0.15, 0.2) is 36.4 Å². The third-order valence-corrected chi connectivity index (χ3v) is 3.16. The highest BCUT2D eigenvalue weighted by Gasteiger charge is 2.12. The first-order valence-corrected chi connectivity index (χ1v) is 6.50. The van der Waals surface area contributed by atoms with Gasteiger partial charge in [-0.3, -0.25) is 0 Å². The number of hydrogen-bond donors (Lipinski definition) is 1. The van der Waals surface area contributed by atoms with Crippen molar-refractivity contribution in [3.8, 4) is 17.6 Å². The van der Waals surface area contributed by atoms with Crippen LogP contribution in [0.2, 0.25) is 5.02 Å². The summed E-state index contributed by atoms with van der Waals surface area (Å²) in [5, 5.41) is 12.8. The van der Waals surface area contributed by atoms with Crippen LogP contribution < -0.4 is 14.8 Å². The number of hydrogen-bond acceptors (Lipinski definition) is 4. The quantitative estimate of drug-likeness (QED) is 0.914. The average molecular weight is 287 g/mol. The van der Waals surface area contributed by atoms with E-state index in [-0.39, 0.29) is 0 Å². The summed E-state index contributed by atoms with van der Waals surface area (Å²) in [6.07, 6.45) is 0. The van der Waals surface area contributed by atoms with Crippen molar-refractivity contribution in [3.63, 3.8) is 0 Å². The molecule has 1 N–H and O–H groups in total. The molecule has 2 aromatic rings. The number of nitrogens with zero attached hydrogens (tertiary/aromatic N) is 1. The third-order valence-electron chi connectivity index (χ3n) is 2.92. The van der Waals surface area contributed by atoms with E-state index in [0.717, 1.165) is 11.4 Å².